The summed E-state index contributed by atoms with van der Waals surface area (Å²) in [7, 11) is 1.59. The smallest absolute Gasteiger partial charge is 0.270 e. The van der Waals surface area contributed by atoms with Crippen molar-refractivity contribution in [3.8, 4) is 5.75 Å². The number of pyridine rings is 1. The Balaban J connectivity index is 1.45. The Hall–Kier alpha value is -3.65. The first-order chi connectivity index (χ1) is 17.4. The molecule has 0 radical (unpaired) electrons. The van der Waals surface area contributed by atoms with Gasteiger partial charge in [0.05, 0.1) is 12.7 Å². The van der Waals surface area contributed by atoms with E-state index in [-0.39, 0.29) is 34.9 Å². The average Bonchev–Trinajstić information content (AvgIpc) is 2.89. The van der Waals surface area contributed by atoms with Crippen LogP contribution in [0.2, 0.25) is 0 Å². The van der Waals surface area contributed by atoms with Crippen molar-refractivity contribution in [3.63, 3.8) is 0 Å². The van der Waals surface area contributed by atoms with E-state index in [2.05, 4.69) is 21.2 Å². The third kappa shape index (κ3) is 4.86. The predicted octanol–water partition coefficient (Wildman–Crippen LogP) is 4.04. The van der Waals surface area contributed by atoms with Gasteiger partial charge in [0.15, 0.2) is 0 Å². The Bertz CT molecular complexity index is 1400. The number of nitrogens with one attached hydrogen (secondary N) is 1. The molecule has 1 saturated heterocycles. The first-order valence-corrected chi connectivity index (χ1v) is 12.6. The Morgan fingerprint density at radius 2 is 1.78 bits per heavy atom. The Kier molecular flexibility index (Phi) is 6.78. The number of rotatable bonds is 5. The van der Waals surface area contributed by atoms with Gasteiger partial charge in [0.1, 0.15) is 11.4 Å². The summed E-state index contributed by atoms with van der Waals surface area (Å²) in [5.41, 5.74) is 2.37. The lowest BCUT2D eigenvalue weighted by Gasteiger charge is -2.43. The van der Waals surface area contributed by atoms with Crippen LogP contribution in [0.3, 0.4) is 0 Å². The molecule has 2 atom stereocenters. The van der Waals surface area contributed by atoms with Crippen molar-refractivity contribution in [2.75, 3.05) is 20.2 Å². The van der Waals surface area contributed by atoms with Gasteiger partial charge in [0, 0.05) is 41.8 Å². The van der Waals surface area contributed by atoms with Crippen LogP contribution in [0.1, 0.15) is 34.0 Å². The summed E-state index contributed by atoms with van der Waals surface area (Å²) in [6.07, 6.45) is 2.63. The molecule has 3 heterocycles. The van der Waals surface area contributed by atoms with Gasteiger partial charge < -0.3 is 19.5 Å². The average molecular weight is 548 g/mol. The quantitative estimate of drug-likeness (QED) is 0.489. The summed E-state index contributed by atoms with van der Waals surface area (Å²) in [5.74, 6) is 0.352. The van der Waals surface area contributed by atoms with Gasteiger partial charge in [-0.1, -0.05) is 30.3 Å². The maximum atomic E-state index is 13.8. The van der Waals surface area contributed by atoms with E-state index in [1.165, 1.54) is 0 Å². The highest BCUT2D eigenvalue weighted by molar-refractivity contribution is 9.10. The van der Waals surface area contributed by atoms with E-state index in [4.69, 9.17) is 4.74 Å². The lowest BCUT2D eigenvalue weighted by molar-refractivity contribution is -0.130. The predicted molar refractivity (Wildman–Crippen MR) is 141 cm³/mol. The number of fused-ring (bicyclic) bond motifs is 4. The molecule has 0 spiro atoms. The number of hydrogen-bond donors (Lipinski definition) is 1. The fourth-order valence-electron chi connectivity index (χ4n) is 5.09. The van der Waals surface area contributed by atoms with Crippen LogP contribution in [0, 0.1) is 5.92 Å². The third-order valence-corrected chi connectivity index (χ3v) is 7.48. The molecule has 184 valence electrons. The van der Waals surface area contributed by atoms with Crippen molar-refractivity contribution in [1.29, 1.82) is 0 Å². The number of hydrogen-bond acceptors (Lipinski definition) is 4. The number of carbonyl (C=O) groups excluding carboxylic acids is 2. The molecular formula is C28H26BrN3O4. The van der Waals surface area contributed by atoms with Crippen LogP contribution >= 0.6 is 15.9 Å². The van der Waals surface area contributed by atoms with Crippen LogP contribution < -0.4 is 15.6 Å². The molecule has 2 aliphatic heterocycles. The zero-order chi connectivity index (χ0) is 25.2. The molecule has 2 aliphatic rings. The standard InChI is InChI=1S/C28H26BrN3O4/c1-36-21-11-9-18(10-12-21)14-24(30-27(34)22-5-2-3-6-23(22)29)28(35)31-15-19-13-20(17-31)25-7-4-8-26(33)32(25)16-19/h2-12,14,19-20H,13,15-17H2,1H3,(H,30,34)/b24-14-/t19-,20+/m0/s1. The first kappa shape index (κ1) is 24.1. The van der Waals surface area contributed by atoms with Gasteiger partial charge in [-0.05, 0) is 70.2 Å². The number of nitrogens with zero attached hydrogens (tertiary/aromatic N) is 2. The van der Waals surface area contributed by atoms with Crippen LogP contribution in [0.5, 0.6) is 5.75 Å². The second-order valence-corrected chi connectivity index (χ2v) is 10.0. The molecule has 0 unspecified atom stereocenters. The number of benzene rings is 2. The number of aromatic nitrogens is 1. The fraction of sp³-hybridized carbons (Fsp3) is 0.250. The van der Waals surface area contributed by atoms with Gasteiger partial charge in [-0.15, -0.1) is 0 Å². The second-order valence-electron chi connectivity index (χ2n) is 9.17. The molecule has 2 amide bonds. The normalized spacial score (nSPS) is 18.8. The van der Waals surface area contributed by atoms with E-state index in [1.807, 2.05) is 41.0 Å². The van der Waals surface area contributed by atoms with Crippen molar-refractivity contribution in [1.82, 2.24) is 14.8 Å². The van der Waals surface area contributed by atoms with Crippen LogP contribution in [0.25, 0.3) is 6.08 Å². The summed E-state index contributed by atoms with van der Waals surface area (Å²) >= 11 is 3.42. The van der Waals surface area contributed by atoms with Crippen molar-refractivity contribution < 1.29 is 14.3 Å². The number of methoxy groups -OCH3 is 1. The van der Waals surface area contributed by atoms with Crippen LogP contribution in [0.15, 0.2) is 81.7 Å². The minimum Gasteiger partial charge on any atom is -0.497 e. The lowest BCUT2D eigenvalue weighted by Crippen LogP contribution is -2.50. The summed E-state index contributed by atoms with van der Waals surface area (Å²) in [5, 5.41) is 2.86. The first-order valence-electron chi connectivity index (χ1n) is 11.8. The van der Waals surface area contributed by atoms with Crippen LogP contribution in [-0.2, 0) is 11.3 Å². The van der Waals surface area contributed by atoms with Gasteiger partial charge >= 0.3 is 0 Å². The highest BCUT2D eigenvalue weighted by Gasteiger charge is 2.37. The number of piperidine rings is 1. The van der Waals surface area contributed by atoms with Crippen molar-refractivity contribution >= 4 is 33.8 Å². The van der Waals surface area contributed by atoms with E-state index in [0.29, 0.717) is 35.4 Å². The van der Waals surface area contributed by atoms with Crippen LogP contribution in [-0.4, -0.2) is 41.5 Å². The zero-order valence-electron chi connectivity index (χ0n) is 19.8. The highest BCUT2D eigenvalue weighted by Crippen LogP contribution is 2.35. The van der Waals surface area contributed by atoms with Crippen molar-refractivity contribution in [3.05, 3.63) is 104 Å². The molecule has 2 aromatic carbocycles. The molecule has 3 aromatic rings. The van der Waals surface area contributed by atoms with Crippen LogP contribution in [0.4, 0.5) is 0 Å². The summed E-state index contributed by atoms with van der Waals surface area (Å²) in [4.78, 5) is 41.1. The highest BCUT2D eigenvalue weighted by atomic mass is 79.9. The number of halogens is 1. The Labute approximate surface area is 217 Å². The van der Waals surface area contributed by atoms with Crippen molar-refractivity contribution in [2.24, 2.45) is 5.92 Å². The van der Waals surface area contributed by atoms with Gasteiger partial charge in [-0.3, -0.25) is 14.4 Å². The Morgan fingerprint density at radius 3 is 2.53 bits per heavy atom. The van der Waals surface area contributed by atoms with Gasteiger partial charge in [0.25, 0.3) is 17.4 Å². The molecule has 2 bridgehead atoms. The summed E-state index contributed by atoms with van der Waals surface area (Å²) in [6, 6.07) is 19.7. The van der Waals surface area contributed by atoms with E-state index < -0.39 is 0 Å². The molecule has 0 aliphatic carbocycles. The monoisotopic (exact) mass is 547 g/mol. The second kappa shape index (κ2) is 10.1. The van der Waals surface area contributed by atoms with Gasteiger partial charge in [0.2, 0.25) is 0 Å². The molecule has 0 saturated carbocycles. The number of ether oxygens (including phenoxy) is 1. The zero-order valence-corrected chi connectivity index (χ0v) is 21.4. The minimum absolute atomic E-state index is 0.00256. The number of carbonyl (C=O) groups is 2. The van der Waals surface area contributed by atoms with Gasteiger partial charge in [-0.25, -0.2) is 0 Å². The number of likely N-dealkylation sites (tertiary alicyclic amines) is 1. The molecular weight excluding hydrogens is 522 g/mol. The SMILES string of the molecule is COc1ccc(/C=C(\NC(=O)c2ccccc2Br)C(=O)N2C[C@@H]3C[C@H](C2)c2cccc(=O)n2C3)cc1. The van der Waals surface area contributed by atoms with Gasteiger partial charge in [-0.2, -0.15) is 0 Å². The summed E-state index contributed by atoms with van der Waals surface area (Å²) < 4.78 is 7.72. The number of amides is 2. The molecule has 8 heteroatoms. The molecule has 1 aromatic heterocycles. The van der Waals surface area contributed by atoms with E-state index in [0.717, 1.165) is 17.7 Å². The summed E-state index contributed by atoms with van der Waals surface area (Å²) in [6.45, 7) is 1.61. The topological polar surface area (TPSA) is 80.6 Å². The molecule has 36 heavy (non-hydrogen) atoms. The molecule has 7 nitrogen and oxygen atoms in total. The lowest BCUT2D eigenvalue weighted by atomic mass is 9.83. The third-order valence-electron chi connectivity index (χ3n) is 6.79. The van der Waals surface area contributed by atoms with E-state index >= 15 is 0 Å². The molecule has 1 N–H and O–H groups in total. The fourth-order valence-corrected chi connectivity index (χ4v) is 5.55. The molecule has 1 fully saturated rings. The molecule has 5 rings (SSSR count). The minimum atomic E-state index is -0.371. The maximum Gasteiger partial charge on any atom is 0.270 e. The van der Waals surface area contributed by atoms with Crippen molar-refractivity contribution in [2.45, 2.75) is 18.9 Å². The Morgan fingerprint density at radius 1 is 1.00 bits per heavy atom. The van der Waals surface area contributed by atoms with E-state index in [9.17, 15) is 14.4 Å². The van der Waals surface area contributed by atoms with E-state index in [1.54, 1.807) is 48.4 Å². The maximum absolute atomic E-state index is 13.8. The largest absolute Gasteiger partial charge is 0.497 e.